The lowest BCUT2D eigenvalue weighted by Crippen LogP contribution is -2.45. The van der Waals surface area contributed by atoms with Crippen LogP contribution in [0, 0.1) is 5.92 Å². The van der Waals surface area contributed by atoms with Crippen LogP contribution < -0.4 is 0 Å². The molecule has 1 fully saturated rings. The van der Waals surface area contributed by atoms with Crippen LogP contribution in [0.25, 0.3) is 0 Å². The van der Waals surface area contributed by atoms with Crippen LogP contribution in [0.3, 0.4) is 0 Å². The Morgan fingerprint density at radius 3 is 2.64 bits per heavy atom. The van der Waals surface area contributed by atoms with Gasteiger partial charge in [0.05, 0.1) is 5.92 Å². The summed E-state index contributed by atoms with van der Waals surface area (Å²) in [4.78, 5) is 23.5. The molecule has 0 aromatic carbocycles. The summed E-state index contributed by atoms with van der Waals surface area (Å²) >= 11 is 0. The molecule has 1 unspecified atom stereocenters. The third-order valence-electron chi connectivity index (χ3n) is 2.44. The average Bonchev–Trinajstić information content (AvgIpc) is 2.16. The van der Waals surface area contributed by atoms with Crippen LogP contribution in [-0.4, -0.2) is 46.2 Å². The zero-order chi connectivity index (χ0) is 10.7. The second kappa shape index (κ2) is 4.41. The summed E-state index contributed by atoms with van der Waals surface area (Å²) in [5.74, 6) is -1.73. The minimum Gasteiger partial charge on any atom is -0.481 e. The average molecular weight is 201 g/mol. The molecule has 5 heteroatoms. The van der Waals surface area contributed by atoms with Crippen LogP contribution in [0.1, 0.15) is 19.8 Å². The molecule has 2 atom stereocenters. The van der Waals surface area contributed by atoms with Crippen molar-refractivity contribution in [2.24, 2.45) is 5.92 Å². The highest BCUT2D eigenvalue weighted by Gasteiger charge is 2.29. The molecule has 0 spiro atoms. The molecule has 1 aliphatic heterocycles. The first-order chi connectivity index (χ1) is 6.52. The van der Waals surface area contributed by atoms with Crippen LogP contribution in [-0.2, 0) is 9.59 Å². The SMILES string of the molecule is C[C@H](O)C(=O)N1CCCC(C(=O)O)C1. The molecular weight excluding hydrogens is 186 g/mol. The smallest absolute Gasteiger partial charge is 0.308 e. The molecule has 1 aliphatic rings. The molecule has 0 bridgehead atoms. The Hall–Kier alpha value is -1.10. The number of carbonyl (C=O) groups excluding carboxylic acids is 1. The van der Waals surface area contributed by atoms with E-state index in [9.17, 15) is 9.59 Å². The standard InChI is InChI=1S/C9H15NO4/c1-6(11)8(12)10-4-2-3-7(5-10)9(13)14/h6-7,11H,2-5H2,1H3,(H,13,14)/t6-,7?/m0/s1. The molecule has 0 saturated carbocycles. The van der Waals surface area contributed by atoms with E-state index in [1.807, 2.05) is 0 Å². The molecule has 1 rings (SSSR count). The van der Waals surface area contributed by atoms with Gasteiger partial charge in [0, 0.05) is 13.1 Å². The topological polar surface area (TPSA) is 77.8 Å². The predicted octanol–water partition coefficient (Wildman–Crippen LogP) is -0.310. The second-order valence-electron chi connectivity index (χ2n) is 3.64. The first kappa shape index (κ1) is 11.0. The maximum Gasteiger partial charge on any atom is 0.308 e. The van der Waals surface area contributed by atoms with E-state index in [0.29, 0.717) is 19.4 Å². The Morgan fingerprint density at radius 2 is 2.14 bits per heavy atom. The number of hydrogen-bond donors (Lipinski definition) is 2. The summed E-state index contributed by atoms with van der Waals surface area (Å²) in [6, 6.07) is 0. The van der Waals surface area contributed by atoms with Crippen molar-refractivity contribution < 1.29 is 19.8 Å². The molecular formula is C9H15NO4. The number of carboxylic acid groups (broad SMARTS) is 1. The van der Waals surface area contributed by atoms with E-state index in [1.165, 1.54) is 11.8 Å². The number of nitrogens with zero attached hydrogens (tertiary/aromatic N) is 1. The minimum atomic E-state index is -1.04. The fourth-order valence-corrected chi connectivity index (χ4v) is 1.64. The van der Waals surface area contributed by atoms with E-state index >= 15 is 0 Å². The van der Waals surface area contributed by atoms with Gasteiger partial charge in [0.2, 0.25) is 0 Å². The van der Waals surface area contributed by atoms with Crippen LogP contribution in [0.2, 0.25) is 0 Å². The maximum atomic E-state index is 11.3. The van der Waals surface area contributed by atoms with Gasteiger partial charge in [-0.1, -0.05) is 0 Å². The van der Waals surface area contributed by atoms with E-state index in [-0.39, 0.29) is 12.5 Å². The van der Waals surface area contributed by atoms with Gasteiger partial charge in [0.15, 0.2) is 0 Å². The third kappa shape index (κ3) is 2.45. The van der Waals surface area contributed by atoms with Gasteiger partial charge in [-0.3, -0.25) is 9.59 Å². The zero-order valence-corrected chi connectivity index (χ0v) is 8.14. The molecule has 1 saturated heterocycles. The lowest BCUT2D eigenvalue weighted by molar-refractivity contribution is -0.148. The van der Waals surface area contributed by atoms with Crippen molar-refractivity contribution in [2.45, 2.75) is 25.9 Å². The van der Waals surface area contributed by atoms with E-state index in [0.717, 1.165) is 0 Å². The van der Waals surface area contributed by atoms with Crippen LogP contribution in [0.4, 0.5) is 0 Å². The number of rotatable bonds is 2. The molecule has 1 amide bonds. The van der Waals surface area contributed by atoms with Crippen LogP contribution in [0.15, 0.2) is 0 Å². The van der Waals surface area contributed by atoms with E-state index in [2.05, 4.69) is 0 Å². The number of aliphatic carboxylic acids is 1. The fourth-order valence-electron chi connectivity index (χ4n) is 1.64. The highest BCUT2D eigenvalue weighted by atomic mass is 16.4. The van der Waals surface area contributed by atoms with Gasteiger partial charge in [-0.2, -0.15) is 0 Å². The van der Waals surface area contributed by atoms with Gasteiger partial charge in [0.25, 0.3) is 5.91 Å². The van der Waals surface area contributed by atoms with Gasteiger partial charge in [-0.15, -0.1) is 0 Å². The highest BCUT2D eigenvalue weighted by molar-refractivity contribution is 5.81. The van der Waals surface area contributed by atoms with Crippen molar-refractivity contribution in [3.63, 3.8) is 0 Å². The van der Waals surface area contributed by atoms with Crippen molar-refractivity contribution in [3.05, 3.63) is 0 Å². The number of likely N-dealkylation sites (tertiary alicyclic amines) is 1. The maximum absolute atomic E-state index is 11.3. The summed E-state index contributed by atoms with van der Waals surface area (Å²) in [5, 5.41) is 17.8. The summed E-state index contributed by atoms with van der Waals surface area (Å²) in [5.41, 5.74) is 0. The van der Waals surface area contributed by atoms with Crippen LogP contribution >= 0.6 is 0 Å². The number of hydrogen-bond acceptors (Lipinski definition) is 3. The first-order valence-corrected chi connectivity index (χ1v) is 4.72. The Kier molecular flexibility index (Phi) is 3.46. The molecule has 0 aromatic heterocycles. The molecule has 14 heavy (non-hydrogen) atoms. The molecule has 2 N–H and O–H groups in total. The normalized spacial score (nSPS) is 24.4. The molecule has 5 nitrogen and oxygen atoms in total. The Morgan fingerprint density at radius 1 is 1.50 bits per heavy atom. The third-order valence-corrected chi connectivity index (χ3v) is 2.44. The number of aliphatic hydroxyl groups excluding tert-OH is 1. The number of carbonyl (C=O) groups is 2. The van der Waals surface area contributed by atoms with Gasteiger partial charge < -0.3 is 15.1 Å². The van der Waals surface area contributed by atoms with Crippen molar-refractivity contribution in [1.82, 2.24) is 4.90 Å². The number of carboxylic acids is 1. The predicted molar refractivity (Wildman–Crippen MR) is 48.6 cm³/mol. The Balaban J connectivity index is 2.56. The fraction of sp³-hybridized carbons (Fsp3) is 0.778. The van der Waals surface area contributed by atoms with Crippen molar-refractivity contribution in [3.8, 4) is 0 Å². The van der Waals surface area contributed by atoms with Crippen LogP contribution in [0.5, 0.6) is 0 Å². The van der Waals surface area contributed by atoms with Gasteiger partial charge in [-0.05, 0) is 19.8 Å². The van der Waals surface area contributed by atoms with E-state index in [4.69, 9.17) is 10.2 Å². The summed E-state index contributed by atoms with van der Waals surface area (Å²) in [7, 11) is 0. The van der Waals surface area contributed by atoms with Crippen molar-refractivity contribution in [1.29, 1.82) is 0 Å². The Labute approximate surface area is 82.3 Å². The van der Waals surface area contributed by atoms with Crippen molar-refractivity contribution >= 4 is 11.9 Å². The largest absolute Gasteiger partial charge is 0.481 e. The van der Waals surface area contributed by atoms with Gasteiger partial charge in [-0.25, -0.2) is 0 Å². The zero-order valence-electron chi connectivity index (χ0n) is 8.14. The molecule has 0 radical (unpaired) electrons. The first-order valence-electron chi connectivity index (χ1n) is 4.72. The number of aliphatic hydroxyl groups is 1. The number of piperidine rings is 1. The number of amides is 1. The lowest BCUT2D eigenvalue weighted by atomic mass is 9.98. The molecule has 0 aliphatic carbocycles. The van der Waals surface area contributed by atoms with Gasteiger partial charge >= 0.3 is 5.97 Å². The molecule has 0 aromatic rings. The lowest BCUT2D eigenvalue weighted by Gasteiger charge is -2.31. The second-order valence-corrected chi connectivity index (χ2v) is 3.64. The molecule has 1 heterocycles. The minimum absolute atomic E-state index is 0.221. The monoisotopic (exact) mass is 201 g/mol. The summed E-state index contributed by atoms with van der Waals surface area (Å²) in [6.45, 7) is 2.17. The quantitative estimate of drug-likeness (QED) is 0.642. The van der Waals surface area contributed by atoms with E-state index in [1.54, 1.807) is 0 Å². The molecule has 80 valence electrons. The summed E-state index contributed by atoms with van der Waals surface area (Å²) < 4.78 is 0. The highest BCUT2D eigenvalue weighted by Crippen LogP contribution is 2.17. The van der Waals surface area contributed by atoms with Crippen molar-refractivity contribution in [2.75, 3.05) is 13.1 Å². The summed E-state index contributed by atoms with van der Waals surface area (Å²) in [6.07, 6.45) is 0.261. The van der Waals surface area contributed by atoms with Gasteiger partial charge in [0.1, 0.15) is 6.10 Å². The Bertz CT molecular complexity index is 239. The van der Waals surface area contributed by atoms with E-state index < -0.39 is 18.0 Å².